The van der Waals surface area contributed by atoms with Gasteiger partial charge in [-0.2, -0.15) is 0 Å². The van der Waals surface area contributed by atoms with Crippen molar-refractivity contribution >= 4 is 23.9 Å². The predicted octanol–water partition coefficient (Wildman–Crippen LogP) is 2.75. The number of carboxylic acid groups (broad SMARTS) is 3. The van der Waals surface area contributed by atoms with E-state index in [9.17, 15) is 34.5 Å². The molecule has 0 amide bonds. The van der Waals surface area contributed by atoms with Crippen molar-refractivity contribution in [2.75, 3.05) is 7.11 Å². The first-order valence-electron chi connectivity index (χ1n) is 8.90. The van der Waals surface area contributed by atoms with Crippen molar-refractivity contribution in [1.82, 2.24) is 0 Å². The topological polar surface area (TPSA) is 138 Å². The van der Waals surface area contributed by atoms with Gasteiger partial charge in [0.1, 0.15) is 0 Å². The van der Waals surface area contributed by atoms with E-state index in [4.69, 9.17) is 4.74 Å². The van der Waals surface area contributed by atoms with Crippen LogP contribution in [-0.2, 0) is 23.9 Å². The van der Waals surface area contributed by atoms with Gasteiger partial charge in [0.05, 0.1) is 30.8 Å². The molecule has 0 fully saturated rings. The van der Waals surface area contributed by atoms with Gasteiger partial charge in [-0.05, 0) is 17.3 Å². The Morgan fingerprint density at radius 3 is 1.59 bits per heavy atom. The summed E-state index contributed by atoms with van der Waals surface area (Å²) in [5.41, 5.74) is -1.92. The number of carboxylic acids is 3. The van der Waals surface area contributed by atoms with Gasteiger partial charge in [-0.3, -0.25) is 19.2 Å². The lowest BCUT2D eigenvalue weighted by Crippen LogP contribution is -2.46. The van der Waals surface area contributed by atoms with E-state index < -0.39 is 58.4 Å². The van der Waals surface area contributed by atoms with E-state index in [-0.39, 0.29) is 6.42 Å². The van der Waals surface area contributed by atoms with Gasteiger partial charge in [-0.25, -0.2) is 0 Å². The Morgan fingerprint density at radius 1 is 0.852 bits per heavy atom. The summed E-state index contributed by atoms with van der Waals surface area (Å²) in [5, 5.41) is 28.6. The smallest absolute Gasteiger partial charge is 0.309 e. The van der Waals surface area contributed by atoms with Crippen LogP contribution in [0.1, 0.15) is 54.4 Å². The van der Waals surface area contributed by atoms with Crippen LogP contribution in [0.4, 0.5) is 0 Å². The quantitative estimate of drug-likeness (QED) is 0.459. The number of esters is 1. The molecule has 0 aliphatic carbocycles. The minimum atomic E-state index is -1.31. The third kappa shape index (κ3) is 5.94. The molecule has 8 nitrogen and oxygen atoms in total. The van der Waals surface area contributed by atoms with Crippen LogP contribution in [0.5, 0.6) is 0 Å². The number of ether oxygens (including phenoxy) is 1. The zero-order valence-corrected chi connectivity index (χ0v) is 17.1. The lowest BCUT2D eigenvalue weighted by atomic mass is 9.62. The molecule has 0 aromatic rings. The van der Waals surface area contributed by atoms with Gasteiger partial charge in [0.2, 0.25) is 0 Å². The normalized spacial score (nSPS) is 16.7. The van der Waals surface area contributed by atoms with Gasteiger partial charge >= 0.3 is 23.9 Å². The summed E-state index contributed by atoms with van der Waals surface area (Å²) in [6.07, 6.45) is 0.348. The third-order valence-electron chi connectivity index (χ3n) is 5.67. The van der Waals surface area contributed by atoms with Crippen LogP contribution < -0.4 is 0 Å². The van der Waals surface area contributed by atoms with E-state index in [1.165, 1.54) is 6.92 Å². The predicted molar refractivity (Wildman–Crippen MR) is 97.0 cm³/mol. The maximum atomic E-state index is 12.4. The van der Waals surface area contributed by atoms with Crippen molar-refractivity contribution < 1.29 is 39.2 Å². The molecule has 0 heterocycles. The first-order chi connectivity index (χ1) is 12.1. The molecule has 156 valence electrons. The highest BCUT2D eigenvalue weighted by molar-refractivity contribution is 5.83. The average Bonchev–Trinajstić information content (AvgIpc) is 2.51. The molecular formula is C19H32O8. The van der Waals surface area contributed by atoms with Crippen LogP contribution in [-0.4, -0.2) is 46.3 Å². The van der Waals surface area contributed by atoms with Gasteiger partial charge in [0.25, 0.3) is 0 Å². The highest BCUT2D eigenvalue weighted by Gasteiger charge is 2.50. The van der Waals surface area contributed by atoms with E-state index in [0.29, 0.717) is 6.42 Å². The second-order valence-corrected chi connectivity index (χ2v) is 8.42. The Kier molecular flexibility index (Phi) is 8.47. The summed E-state index contributed by atoms with van der Waals surface area (Å²) >= 11 is 0. The monoisotopic (exact) mass is 388 g/mol. The summed E-state index contributed by atoms with van der Waals surface area (Å²) in [6.45, 7) is 9.63. The number of hydrogen-bond acceptors (Lipinski definition) is 5. The lowest BCUT2D eigenvalue weighted by Gasteiger charge is -2.40. The molecule has 4 unspecified atom stereocenters. The van der Waals surface area contributed by atoms with E-state index in [0.717, 1.165) is 7.11 Å². The molecule has 0 aliphatic rings. The fraction of sp³-hybridized carbons (Fsp3) is 0.789. The van der Waals surface area contributed by atoms with E-state index >= 15 is 0 Å². The number of carbonyl (C=O) groups excluding carboxylic acids is 1. The second kappa shape index (κ2) is 9.19. The minimum absolute atomic E-state index is 0.130. The molecule has 0 saturated carbocycles. The molecule has 0 aliphatic heterocycles. The zero-order valence-electron chi connectivity index (χ0n) is 17.1. The molecule has 0 radical (unpaired) electrons. The molecule has 0 spiro atoms. The molecular weight excluding hydrogens is 356 g/mol. The fourth-order valence-corrected chi connectivity index (χ4v) is 3.82. The maximum Gasteiger partial charge on any atom is 0.309 e. The van der Waals surface area contributed by atoms with Crippen LogP contribution in [0, 0.1) is 34.5 Å². The third-order valence-corrected chi connectivity index (χ3v) is 5.67. The Hall–Kier alpha value is -2.12. The maximum absolute atomic E-state index is 12.4. The molecule has 27 heavy (non-hydrogen) atoms. The van der Waals surface area contributed by atoms with Crippen molar-refractivity contribution in [2.45, 2.75) is 54.4 Å². The van der Waals surface area contributed by atoms with E-state index in [1.807, 2.05) is 6.92 Å². The summed E-state index contributed by atoms with van der Waals surface area (Å²) in [7, 11) is 1.15. The number of aliphatic carboxylic acids is 3. The van der Waals surface area contributed by atoms with Crippen molar-refractivity contribution in [3.05, 3.63) is 0 Å². The highest BCUT2D eigenvalue weighted by atomic mass is 16.5. The molecule has 8 heteroatoms. The van der Waals surface area contributed by atoms with Crippen molar-refractivity contribution in [2.24, 2.45) is 34.5 Å². The number of carbonyl (C=O) groups is 4. The molecule has 4 atom stereocenters. The van der Waals surface area contributed by atoms with Crippen LogP contribution in [0.15, 0.2) is 0 Å². The van der Waals surface area contributed by atoms with Gasteiger partial charge in [0.15, 0.2) is 0 Å². The summed E-state index contributed by atoms with van der Waals surface area (Å²) in [5.74, 6) is -9.23. The van der Waals surface area contributed by atoms with Crippen LogP contribution in [0.3, 0.4) is 0 Å². The summed E-state index contributed by atoms with van der Waals surface area (Å²) < 4.78 is 4.81. The molecule has 0 saturated heterocycles. The van der Waals surface area contributed by atoms with Gasteiger partial charge in [-0.1, -0.05) is 48.0 Å². The molecule has 3 N–H and O–H groups in total. The summed E-state index contributed by atoms with van der Waals surface area (Å²) in [6, 6.07) is 0. The SMILES string of the molecule is CCC(C)(C)C(C(=O)O)C(CC(C)(C)C(C(=O)O)C(C)C(=O)O)C(=O)OC. The van der Waals surface area contributed by atoms with Crippen molar-refractivity contribution in [1.29, 1.82) is 0 Å². The average molecular weight is 388 g/mol. The number of hydrogen-bond donors (Lipinski definition) is 3. The Morgan fingerprint density at radius 2 is 1.30 bits per heavy atom. The first kappa shape index (κ1) is 24.9. The summed E-state index contributed by atoms with van der Waals surface area (Å²) in [4.78, 5) is 47.6. The van der Waals surface area contributed by atoms with Gasteiger partial charge < -0.3 is 20.1 Å². The van der Waals surface area contributed by atoms with Crippen molar-refractivity contribution in [3.63, 3.8) is 0 Å². The largest absolute Gasteiger partial charge is 0.481 e. The number of methoxy groups -OCH3 is 1. The van der Waals surface area contributed by atoms with Crippen molar-refractivity contribution in [3.8, 4) is 0 Å². The Labute approximate surface area is 159 Å². The molecule has 0 aromatic carbocycles. The zero-order chi connectivity index (χ0) is 21.7. The minimum Gasteiger partial charge on any atom is -0.481 e. The Balaban J connectivity index is 6.19. The van der Waals surface area contributed by atoms with Crippen LogP contribution >= 0.6 is 0 Å². The number of rotatable bonds is 11. The van der Waals surface area contributed by atoms with E-state index in [2.05, 4.69) is 0 Å². The fourth-order valence-electron chi connectivity index (χ4n) is 3.82. The van der Waals surface area contributed by atoms with E-state index in [1.54, 1.807) is 27.7 Å². The molecule has 0 bridgehead atoms. The second-order valence-electron chi connectivity index (χ2n) is 8.42. The Bertz CT molecular complexity index is 578. The van der Waals surface area contributed by atoms with Crippen LogP contribution in [0.25, 0.3) is 0 Å². The van der Waals surface area contributed by atoms with Gasteiger partial charge in [-0.15, -0.1) is 0 Å². The molecule has 0 aromatic heterocycles. The first-order valence-corrected chi connectivity index (χ1v) is 8.90. The van der Waals surface area contributed by atoms with Gasteiger partial charge in [0, 0.05) is 0 Å². The van der Waals surface area contributed by atoms with Crippen LogP contribution in [0.2, 0.25) is 0 Å². The standard InChI is InChI=1S/C19H32O8/c1-8-18(3,4)13(16(24)25)11(17(26)27-7)9-19(5,6)12(15(22)23)10(2)14(20)21/h10-13H,8-9H2,1-7H3,(H,20,21)(H,22,23)(H,24,25). The highest BCUT2D eigenvalue weighted by Crippen LogP contribution is 2.45. The lowest BCUT2D eigenvalue weighted by molar-refractivity contribution is -0.166. The molecule has 0 rings (SSSR count).